The Labute approximate surface area is 149 Å². The Morgan fingerprint density at radius 1 is 1.17 bits per heavy atom. The Bertz CT molecular complexity index is 733. The van der Waals surface area contributed by atoms with Gasteiger partial charge in [0.2, 0.25) is 0 Å². The van der Waals surface area contributed by atoms with E-state index >= 15 is 0 Å². The normalized spacial score (nSPS) is 16.8. The van der Waals surface area contributed by atoms with Gasteiger partial charge in [-0.1, -0.05) is 43.2 Å². The summed E-state index contributed by atoms with van der Waals surface area (Å²) in [7, 11) is 0. The monoisotopic (exact) mass is 339 g/mol. The molecule has 0 spiro atoms. The largest absolute Gasteiger partial charge is 0.320 e. The first-order chi connectivity index (χ1) is 11.6. The molecule has 1 aliphatic rings. The first-order valence-corrected chi connectivity index (χ1v) is 9.70. The van der Waals surface area contributed by atoms with E-state index < -0.39 is 0 Å². The SMILES string of the molecule is Cc1nc(S[C@@H](C)c2ccc(C#N)cc2)n(C2CCCCC2)c1C. The highest BCUT2D eigenvalue weighted by atomic mass is 32.2. The van der Waals surface area contributed by atoms with E-state index in [-0.39, 0.29) is 0 Å². The fraction of sp³-hybridized carbons (Fsp3) is 0.500. The maximum Gasteiger partial charge on any atom is 0.169 e. The molecule has 1 atom stereocenters. The van der Waals surface area contributed by atoms with Crippen LogP contribution in [0.4, 0.5) is 0 Å². The van der Waals surface area contributed by atoms with E-state index in [2.05, 4.69) is 43.5 Å². The van der Waals surface area contributed by atoms with Crippen molar-refractivity contribution in [2.45, 2.75) is 69.3 Å². The van der Waals surface area contributed by atoms with Crippen molar-refractivity contribution in [3.63, 3.8) is 0 Å². The van der Waals surface area contributed by atoms with Crippen molar-refractivity contribution in [1.29, 1.82) is 5.26 Å². The van der Waals surface area contributed by atoms with Gasteiger partial charge in [-0.2, -0.15) is 5.26 Å². The number of nitriles is 1. The van der Waals surface area contributed by atoms with Gasteiger partial charge >= 0.3 is 0 Å². The summed E-state index contributed by atoms with van der Waals surface area (Å²) in [6, 6.07) is 10.7. The van der Waals surface area contributed by atoms with E-state index in [1.807, 2.05) is 23.9 Å². The summed E-state index contributed by atoms with van der Waals surface area (Å²) in [5.74, 6) is 0. The van der Waals surface area contributed by atoms with Crippen LogP contribution in [0.3, 0.4) is 0 Å². The van der Waals surface area contributed by atoms with Gasteiger partial charge in [-0.05, 0) is 51.3 Å². The van der Waals surface area contributed by atoms with E-state index in [9.17, 15) is 0 Å². The van der Waals surface area contributed by atoms with Crippen LogP contribution in [0.2, 0.25) is 0 Å². The molecule has 126 valence electrons. The molecule has 1 aromatic carbocycles. The number of aryl methyl sites for hydroxylation is 1. The van der Waals surface area contributed by atoms with Crippen LogP contribution in [0, 0.1) is 25.2 Å². The number of hydrogen-bond donors (Lipinski definition) is 0. The molecule has 0 saturated heterocycles. The molecule has 0 radical (unpaired) electrons. The average molecular weight is 340 g/mol. The van der Waals surface area contributed by atoms with Crippen LogP contribution in [0.15, 0.2) is 29.4 Å². The standard InChI is InChI=1S/C20H25N3S/c1-14-15(2)23(19-7-5-4-6-8-19)20(22-14)24-16(3)18-11-9-17(13-21)10-12-18/h9-12,16,19H,4-8H2,1-3H3/t16-/m0/s1. The second-order valence-electron chi connectivity index (χ2n) is 6.72. The van der Waals surface area contributed by atoms with Gasteiger partial charge in [-0.15, -0.1) is 0 Å². The van der Waals surface area contributed by atoms with Crippen LogP contribution >= 0.6 is 11.8 Å². The van der Waals surface area contributed by atoms with Gasteiger partial charge in [0.15, 0.2) is 5.16 Å². The van der Waals surface area contributed by atoms with Crippen molar-refractivity contribution in [3.05, 3.63) is 46.8 Å². The van der Waals surface area contributed by atoms with Gasteiger partial charge in [0.1, 0.15) is 0 Å². The van der Waals surface area contributed by atoms with Crippen LogP contribution in [-0.4, -0.2) is 9.55 Å². The molecule has 4 heteroatoms. The molecule has 0 bridgehead atoms. The Morgan fingerprint density at radius 2 is 1.83 bits per heavy atom. The molecule has 1 saturated carbocycles. The zero-order chi connectivity index (χ0) is 17.1. The summed E-state index contributed by atoms with van der Waals surface area (Å²) in [6.07, 6.45) is 6.57. The van der Waals surface area contributed by atoms with Crippen molar-refractivity contribution >= 4 is 11.8 Å². The van der Waals surface area contributed by atoms with Crippen molar-refractivity contribution in [2.24, 2.45) is 0 Å². The lowest BCUT2D eigenvalue weighted by Crippen LogP contribution is -2.15. The van der Waals surface area contributed by atoms with E-state index in [1.165, 1.54) is 43.4 Å². The molecule has 0 amide bonds. The van der Waals surface area contributed by atoms with Gasteiger partial charge < -0.3 is 4.57 Å². The minimum atomic E-state index is 0.321. The van der Waals surface area contributed by atoms with E-state index in [0.717, 1.165) is 10.9 Å². The van der Waals surface area contributed by atoms with Crippen molar-refractivity contribution < 1.29 is 0 Å². The van der Waals surface area contributed by atoms with Gasteiger partial charge in [0, 0.05) is 17.0 Å². The number of benzene rings is 1. The summed E-state index contributed by atoms with van der Waals surface area (Å²) in [4.78, 5) is 4.86. The molecule has 3 rings (SSSR count). The predicted octanol–water partition coefficient (Wildman–Crippen LogP) is 5.73. The maximum atomic E-state index is 8.95. The lowest BCUT2D eigenvalue weighted by atomic mass is 9.95. The number of aromatic nitrogens is 2. The van der Waals surface area contributed by atoms with Gasteiger partial charge in [-0.25, -0.2) is 4.98 Å². The Morgan fingerprint density at radius 3 is 2.46 bits per heavy atom. The topological polar surface area (TPSA) is 41.6 Å². The minimum absolute atomic E-state index is 0.321. The molecular formula is C20H25N3S. The van der Waals surface area contributed by atoms with Crippen molar-refractivity contribution in [2.75, 3.05) is 0 Å². The summed E-state index contributed by atoms with van der Waals surface area (Å²) < 4.78 is 2.49. The highest BCUT2D eigenvalue weighted by Crippen LogP contribution is 2.39. The highest BCUT2D eigenvalue weighted by molar-refractivity contribution is 7.99. The summed E-state index contributed by atoms with van der Waals surface area (Å²) in [6.45, 7) is 6.54. The summed E-state index contributed by atoms with van der Waals surface area (Å²) >= 11 is 1.83. The van der Waals surface area contributed by atoms with E-state index in [0.29, 0.717) is 16.9 Å². The lowest BCUT2D eigenvalue weighted by molar-refractivity contribution is 0.332. The molecule has 1 heterocycles. The molecule has 0 aliphatic heterocycles. The van der Waals surface area contributed by atoms with Gasteiger partial charge in [0.05, 0.1) is 17.3 Å². The molecule has 3 nitrogen and oxygen atoms in total. The Hall–Kier alpha value is -1.73. The van der Waals surface area contributed by atoms with Crippen LogP contribution in [0.1, 0.15) is 72.8 Å². The Balaban J connectivity index is 1.83. The molecule has 24 heavy (non-hydrogen) atoms. The summed E-state index contributed by atoms with van der Waals surface area (Å²) in [5.41, 5.74) is 4.42. The van der Waals surface area contributed by atoms with E-state index in [1.54, 1.807) is 0 Å². The maximum absolute atomic E-state index is 8.95. The zero-order valence-electron chi connectivity index (χ0n) is 14.7. The van der Waals surface area contributed by atoms with E-state index in [4.69, 9.17) is 10.2 Å². The van der Waals surface area contributed by atoms with Crippen LogP contribution in [0.25, 0.3) is 0 Å². The molecule has 1 fully saturated rings. The molecule has 1 aliphatic carbocycles. The number of rotatable bonds is 4. The van der Waals surface area contributed by atoms with Crippen LogP contribution in [0.5, 0.6) is 0 Å². The minimum Gasteiger partial charge on any atom is -0.320 e. The summed E-state index contributed by atoms with van der Waals surface area (Å²) in [5, 5.41) is 10.4. The van der Waals surface area contributed by atoms with Gasteiger partial charge in [0.25, 0.3) is 0 Å². The average Bonchev–Trinajstić information content (AvgIpc) is 2.89. The van der Waals surface area contributed by atoms with Crippen LogP contribution in [-0.2, 0) is 0 Å². The fourth-order valence-electron chi connectivity index (χ4n) is 3.50. The smallest absolute Gasteiger partial charge is 0.169 e. The number of nitrogens with zero attached hydrogens (tertiary/aromatic N) is 3. The highest BCUT2D eigenvalue weighted by Gasteiger charge is 2.23. The number of hydrogen-bond acceptors (Lipinski definition) is 3. The quantitative estimate of drug-likeness (QED) is 0.668. The molecule has 0 N–H and O–H groups in total. The third-order valence-corrected chi connectivity index (χ3v) is 6.21. The Kier molecular flexibility index (Phi) is 5.30. The lowest BCUT2D eigenvalue weighted by Gasteiger charge is -2.26. The fourth-order valence-corrected chi connectivity index (χ4v) is 4.70. The first kappa shape index (κ1) is 17.1. The predicted molar refractivity (Wildman–Crippen MR) is 99.3 cm³/mol. The zero-order valence-corrected chi connectivity index (χ0v) is 15.6. The molecule has 1 aromatic heterocycles. The van der Waals surface area contributed by atoms with Crippen molar-refractivity contribution in [1.82, 2.24) is 9.55 Å². The third-order valence-electron chi connectivity index (χ3n) is 5.09. The first-order valence-electron chi connectivity index (χ1n) is 8.82. The van der Waals surface area contributed by atoms with Crippen LogP contribution < -0.4 is 0 Å². The number of imidazole rings is 1. The molecule has 2 aromatic rings. The molecular weight excluding hydrogens is 314 g/mol. The van der Waals surface area contributed by atoms with Gasteiger partial charge in [-0.3, -0.25) is 0 Å². The molecule has 0 unspecified atom stereocenters. The second-order valence-corrected chi connectivity index (χ2v) is 8.03. The number of thioether (sulfide) groups is 1. The third kappa shape index (κ3) is 3.52. The van der Waals surface area contributed by atoms with Crippen molar-refractivity contribution in [3.8, 4) is 6.07 Å². The second kappa shape index (κ2) is 7.44.